The van der Waals surface area contributed by atoms with Gasteiger partial charge in [0.15, 0.2) is 0 Å². The number of benzene rings is 1. The summed E-state index contributed by atoms with van der Waals surface area (Å²) in [6.07, 6.45) is 2.33. The summed E-state index contributed by atoms with van der Waals surface area (Å²) in [6, 6.07) is 4.44. The summed E-state index contributed by atoms with van der Waals surface area (Å²) in [5, 5.41) is 4.01. The Morgan fingerprint density at radius 3 is 2.90 bits per heavy atom. The number of hydrogen-bond acceptors (Lipinski definition) is 6. The summed E-state index contributed by atoms with van der Waals surface area (Å²) in [5.41, 5.74) is 0.426. The molecule has 4 rings (SSSR count). The second-order valence-corrected chi connectivity index (χ2v) is 8.81. The number of carbonyl (C=O) groups is 1. The van der Waals surface area contributed by atoms with Crippen LogP contribution in [-0.4, -0.2) is 50.6 Å². The van der Waals surface area contributed by atoms with E-state index < -0.39 is 21.6 Å². The number of hydrogen-bond donors (Lipinski definition) is 4. The molecule has 1 atom stereocenters. The lowest BCUT2D eigenvalue weighted by Crippen LogP contribution is -2.30. The van der Waals surface area contributed by atoms with Crippen molar-refractivity contribution in [3.8, 4) is 0 Å². The van der Waals surface area contributed by atoms with Gasteiger partial charge in [-0.25, -0.2) is 17.9 Å². The number of H-pyrrole nitrogens is 2. The Morgan fingerprint density at radius 2 is 2.17 bits per heavy atom. The lowest BCUT2D eigenvalue weighted by molar-refractivity contribution is 0.0529. The van der Waals surface area contributed by atoms with Crippen molar-refractivity contribution in [3.63, 3.8) is 0 Å². The Labute approximate surface area is 166 Å². The van der Waals surface area contributed by atoms with Crippen LogP contribution < -0.4 is 15.6 Å². The van der Waals surface area contributed by atoms with Crippen LogP contribution in [0.15, 0.2) is 34.1 Å². The van der Waals surface area contributed by atoms with E-state index in [-0.39, 0.29) is 28.5 Å². The van der Waals surface area contributed by atoms with E-state index in [1.165, 1.54) is 24.4 Å². The smallest absolute Gasteiger partial charge is 0.340 e. The second kappa shape index (κ2) is 7.62. The van der Waals surface area contributed by atoms with Crippen molar-refractivity contribution in [1.82, 2.24) is 20.0 Å². The van der Waals surface area contributed by atoms with Gasteiger partial charge in [0.2, 0.25) is 10.0 Å². The normalized spacial score (nSPS) is 17.2. The average molecular weight is 418 g/mol. The number of fused-ring (bicyclic) bond motifs is 3. The first-order chi connectivity index (χ1) is 13.9. The van der Waals surface area contributed by atoms with Crippen molar-refractivity contribution < 1.29 is 17.9 Å². The molecular formula is C19H22N4O5S. The van der Waals surface area contributed by atoms with Crippen LogP contribution in [0.2, 0.25) is 0 Å². The number of aromatic nitrogens is 2. The molecule has 29 heavy (non-hydrogen) atoms. The van der Waals surface area contributed by atoms with Gasteiger partial charge in [0.05, 0.1) is 17.1 Å². The van der Waals surface area contributed by atoms with E-state index in [2.05, 4.69) is 20.0 Å². The van der Waals surface area contributed by atoms with Crippen molar-refractivity contribution in [1.29, 1.82) is 0 Å². The van der Waals surface area contributed by atoms with Gasteiger partial charge in [0.25, 0.3) is 5.56 Å². The molecule has 0 saturated carbocycles. The maximum absolute atomic E-state index is 12.8. The summed E-state index contributed by atoms with van der Waals surface area (Å²) in [7, 11) is -3.74. The number of rotatable bonds is 6. The van der Waals surface area contributed by atoms with Crippen molar-refractivity contribution in [2.75, 3.05) is 26.2 Å². The minimum absolute atomic E-state index is 0.0697. The molecule has 1 aliphatic rings. The molecule has 3 heterocycles. The van der Waals surface area contributed by atoms with Crippen molar-refractivity contribution in [2.24, 2.45) is 5.92 Å². The number of esters is 1. The number of carbonyl (C=O) groups excluding carboxylic acids is 1. The predicted molar refractivity (Wildman–Crippen MR) is 109 cm³/mol. The first-order valence-electron chi connectivity index (χ1n) is 9.45. The molecule has 1 aromatic carbocycles. The van der Waals surface area contributed by atoms with Crippen LogP contribution in [0.1, 0.15) is 23.7 Å². The summed E-state index contributed by atoms with van der Waals surface area (Å²) in [4.78, 5) is 30.2. The van der Waals surface area contributed by atoms with Crippen LogP contribution in [0, 0.1) is 5.92 Å². The number of pyridine rings is 1. The number of nitrogens with one attached hydrogen (secondary N) is 4. The molecule has 1 aliphatic heterocycles. The van der Waals surface area contributed by atoms with Crippen molar-refractivity contribution >= 4 is 37.8 Å². The summed E-state index contributed by atoms with van der Waals surface area (Å²) < 4.78 is 33.3. The SMILES string of the molecule is CCOC(=O)c1c[nH]c2c(=O)[nH]c3ccc(S(=O)(=O)NCC4CCNC4)cc3c12. The third kappa shape index (κ3) is 3.66. The number of aromatic amines is 2. The highest BCUT2D eigenvalue weighted by molar-refractivity contribution is 7.89. The maximum atomic E-state index is 12.8. The largest absolute Gasteiger partial charge is 0.462 e. The number of ether oxygens (including phenoxy) is 1. The molecule has 154 valence electrons. The highest BCUT2D eigenvalue weighted by Crippen LogP contribution is 2.27. The molecular weight excluding hydrogens is 396 g/mol. The topological polar surface area (TPSA) is 133 Å². The van der Waals surface area contributed by atoms with Gasteiger partial charge in [-0.05, 0) is 50.6 Å². The third-order valence-electron chi connectivity index (χ3n) is 5.15. The van der Waals surface area contributed by atoms with E-state index in [9.17, 15) is 18.0 Å². The van der Waals surface area contributed by atoms with Crippen LogP contribution >= 0.6 is 0 Å². The van der Waals surface area contributed by atoms with Gasteiger partial charge < -0.3 is 20.0 Å². The fourth-order valence-corrected chi connectivity index (χ4v) is 4.78. The average Bonchev–Trinajstić information content (AvgIpc) is 3.37. The molecule has 2 aromatic heterocycles. The zero-order chi connectivity index (χ0) is 20.6. The fourth-order valence-electron chi connectivity index (χ4n) is 3.64. The van der Waals surface area contributed by atoms with Crippen LogP contribution in [0.5, 0.6) is 0 Å². The van der Waals surface area contributed by atoms with Crippen molar-refractivity contribution in [2.45, 2.75) is 18.2 Å². The molecule has 0 amide bonds. The van der Waals surface area contributed by atoms with E-state index in [4.69, 9.17) is 4.74 Å². The van der Waals surface area contributed by atoms with Crippen LogP contribution in [0.4, 0.5) is 0 Å². The van der Waals surface area contributed by atoms with E-state index in [1.54, 1.807) is 6.92 Å². The molecule has 1 unspecified atom stereocenters. The Balaban J connectivity index is 1.80. The summed E-state index contributed by atoms with van der Waals surface area (Å²) in [6.45, 7) is 3.90. The first kappa shape index (κ1) is 19.6. The lowest BCUT2D eigenvalue weighted by atomic mass is 10.1. The minimum atomic E-state index is -3.74. The maximum Gasteiger partial charge on any atom is 0.340 e. The Hall–Kier alpha value is -2.69. The number of sulfonamides is 1. The molecule has 0 radical (unpaired) electrons. The van der Waals surface area contributed by atoms with Gasteiger partial charge in [0.1, 0.15) is 5.52 Å². The molecule has 0 aliphatic carbocycles. The predicted octanol–water partition coefficient (Wildman–Crippen LogP) is 1.07. The molecule has 10 heteroatoms. The fraction of sp³-hybridized carbons (Fsp3) is 0.368. The van der Waals surface area contributed by atoms with Gasteiger partial charge in [-0.2, -0.15) is 0 Å². The van der Waals surface area contributed by atoms with Gasteiger partial charge in [-0.1, -0.05) is 0 Å². The van der Waals surface area contributed by atoms with Gasteiger partial charge in [0, 0.05) is 29.0 Å². The molecule has 0 spiro atoms. The standard InChI is InChI=1S/C19H22N4O5S/c1-2-28-19(25)14-10-21-17-16(14)13-7-12(3-4-15(13)23-18(17)24)29(26,27)22-9-11-5-6-20-8-11/h3-4,7,10-11,20-22H,2,5-6,8-9H2,1H3,(H,23,24). The van der Waals surface area contributed by atoms with Gasteiger partial charge in [-0.3, -0.25) is 4.79 Å². The third-order valence-corrected chi connectivity index (χ3v) is 6.57. The zero-order valence-corrected chi connectivity index (χ0v) is 16.7. The highest BCUT2D eigenvalue weighted by Gasteiger charge is 2.22. The summed E-state index contributed by atoms with van der Waals surface area (Å²) >= 11 is 0. The lowest BCUT2D eigenvalue weighted by Gasteiger charge is -2.12. The molecule has 4 N–H and O–H groups in total. The van der Waals surface area contributed by atoms with E-state index in [1.807, 2.05) is 0 Å². The minimum Gasteiger partial charge on any atom is -0.462 e. The monoisotopic (exact) mass is 418 g/mol. The van der Waals surface area contributed by atoms with E-state index in [0.29, 0.717) is 22.8 Å². The van der Waals surface area contributed by atoms with Crippen molar-refractivity contribution in [3.05, 3.63) is 40.3 Å². The Kier molecular flexibility index (Phi) is 5.15. The molecule has 1 fully saturated rings. The Morgan fingerprint density at radius 1 is 1.34 bits per heavy atom. The van der Waals surface area contributed by atoms with Crippen LogP contribution in [0.3, 0.4) is 0 Å². The Bertz CT molecular complexity index is 1240. The molecule has 0 bridgehead atoms. The van der Waals surface area contributed by atoms with E-state index in [0.717, 1.165) is 19.5 Å². The quantitative estimate of drug-likeness (QED) is 0.443. The van der Waals surface area contributed by atoms with Crippen LogP contribution in [0.25, 0.3) is 21.8 Å². The molecule has 3 aromatic rings. The molecule has 9 nitrogen and oxygen atoms in total. The highest BCUT2D eigenvalue weighted by atomic mass is 32.2. The second-order valence-electron chi connectivity index (χ2n) is 7.05. The van der Waals surface area contributed by atoms with Gasteiger partial charge in [-0.15, -0.1) is 0 Å². The summed E-state index contributed by atoms with van der Waals surface area (Å²) in [5.74, 6) is -0.320. The zero-order valence-electron chi connectivity index (χ0n) is 15.9. The van der Waals surface area contributed by atoms with Gasteiger partial charge >= 0.3 is 5.97 Å². The van der Waals surface area contributed by atoms with Crippen LogP contribution in [-0.2, 0) is 14.8 Å². The molecule has 1 saturated heterocycles. The van der Waals surface area contributed by atoms with E-state index >= 15 is 0 Å². The first-order valence-corrected chi connectivity index (χ1v) is 10.9.